The summed E-state index contributed by atoms with van der Waals surface area (Å²) >= 11 is 0. The molecule has 3 fully saturated rings. The lowest BCUT2D eigenvalue weighted by Crippen LogP contribution is -2.41. The van der Waals surface area contributed by atoms with Crippen LogP contribution in [0.2, 0.25) is 0 Å². The number of hydroxylamine groups is 2. The van der Waals surface area contributed by atoms with Gasteiger partial charge in [-0.25, -0.2) is 5.06 Å². The monoisotopic (exact) mass is 334 g/mol. The van der Waals surface area contributed by atoms with Crippen LogP contribution in [0.15, 0.2) is 16.5 Å². The van der Waals surface area contributed by atoms with Crippen molar-refractivity contribution >= 4 is 5.91 Å². The van der Waals surface area contributed by atoms with E-state index in [2.05, 4.69) is 4.90 Å². The fraction of sp³-hybridized carbons (Fsp3) is 0.722. The number of furan rings is 1. The molecule has 1 aromatic rings. The molecule has 0 saturated carbocycles. The Kier molecular flexibility index (Phi) is 4.37. The summed E-state index contributed by atoms with van der Waals surface area (Å²) in [5.41, 5.74) is -0.0699. The molecule has 0 radical (unpaired) electrons. The lowest BCUT2D eigenvalue weighted by molar-refractivity contribution is -0.199. The number of carbonyl (C=O) groups is 1. The van der Waals surface area contributed by atoms with Crippen LogP contribution in [0, 0.1) is 18.3 Å². The fourth-order valence-electron chi connectivity index (χ4n) is 4.29. The van der Waals surface area contributed by atoms with Gasteiger partial charge < -0.3 is 9.15 Å². The van der Waals surface area contributed by atoms with Crippen molar-refractivity contribution in [1.29, 1.82) is 0 Å². The Labute approximate surface area is 142 Å². The molecule has 6 nitrogen and oxygen atoms in total. The molecule has 2 atom stereocenters. The van der Waals surface area contributed by atoms with Gasteiger partial charge >= 0.3 is 0 Å². The molecule has 3 saturated heterocycles. The van der Waals surface area contributed by atoms with E-state index in [1.165, 1.54) is 0 Å². The SMILES string of the molecule is Cc1ccc(CN2C[C@@H]3COC[C@]3(CC(=O)N3CCCCO3)C2)o1. The highest BCUT2D eigenvalue weighted by atomic mass is 16.7. The normalized spacial score (nSPS) is 30.7. The van der Waals surface area contributed by atoms with E-state index < -0.39 is 0 Å². The summed E-state index contributed by atoms with van der Waals surface area (Å²) in [7, 11) is 0. The van der Waals surface area contributed by atoms with Gasteiger partial charge in [0.05, 0.1) is 26.4 Å². The number of carbonyl (C=O) groups excluding carboxylic acids is 1. The summed E-state index contributed by atoms with van der Waals surface area (Å²) in [4.78, 5) is 20.6. The van der Waals surface area contributed by atoms with Crippen molar-refractivity contribution in [1.82, 2.24) is 9.96 Å². The summed E-state index contributed by atoms with van der Waals surface area (Å²) in [6.45, 7) is 7.42. The Balaban J connectivity index is 1.41. The molecule has 0 N–H and O–H groups in total. The maximum Gasteiger partial charge on any atom is 0.246 e. The van der Waals surface area contributed by atoms with Crippen LogP contribution in [0.1, 0.15) is 30.8 Å². The van der Waals surface area contributed by atoms with E-state index in [9.17, 15) is 4.79 Å². The van der Waals surface area contributed by atoms with Crippen LogP contribution in [0.25, 0.3) is 0 Å². The highest BCUT2D eigenvalue weighted by Gasteiger charge is 2.52. The van der Waals surface area contributed by atoms with Gasteiger partial charge in [0.25, 0.3) is 0 Å². The molecule has 0 bridgehead atoms. The zero-order valence-corrected chi connectivity index (χ0v) is 14.3. The second-order valence-corrected chi connectivity index (χ2v) is 7.47. The molecule has 0 spiro atoms. The van der Waals surface area contributed by atoms with Gasteiger partial charge in [0, 0.05) is 37.4 Å². The van der Waals surface area contributed by atoms with Crippen LogP contribution < -0.4 is 0 Å². The predicted octanol–water partition coefficient (Wildman–Crippen LogP) is 1.98. The summed E-state index contributed by atoms with van der Waals surface area (Å²) in [5, 5.41) is 1.58. The number of fused-ring (bicyclic) bond motifs is 1. The molecule has 3 aliphatic rings. The maximum atomic E-state index is 12.7. The average Bonchev–Trinajstić information content (AvgIpc) is 3.22. The number of amides is 1. The largest absolute Gasteiger partial charge is 0.465 e. The Hall–Kier alpha value is -1.37. The zero-order valence-electron chi connectivity index (χ0n) is 14.3. The van der Waals surface area contributed by atoms with Gasteiger partial charge in [0.1, 0.15) is 11.5 Å². The highest BCUT2D eigenvalue weighted by Crippen LogP contribution is 2.44. The first kappa shape index (κ1) is 16.1. The van der Waals surface area contributed by atoms with E-state index in [0.717, 1.165) is 57.1 Å². The number of aryl methyl sites for hydroxylation is 1. The predicted molar refractivity (Wildman–Crippen MR) is 87.0 cm³/mol. The van der Waals surface area contributed by atoms with Gasteiger partial charge in [-0.15, -0.1) is 0 Å². The first-order valence-electron chi connectivity index (χ1n) is 8.93. The van der Waals surface area contributed by atoms with E-state index in [-0.39, 0.29) is 11.3 Å². The number of nitrogens with zero attached hydrogens (tertiary/aromatic N) is 2. The molecule has 4 rings (SSSR count). The lowest BCUT2D eigenvalue weighted by Gasteiger charge is -2.31. The van der Waals surface area contributed by atoms with Crippen molar-refractivity contribution in [2.75, 3.05) is 39.5 Å². The molecule has 6 heteroatoms. The van der Waals surface area contributed by atoms with E-state index in [1.54, 1.807) is 5.06 Å². The minimum absolute atomic E-state index is 0.0699. The number of hydrogen-bond acceptors (Lipinski definition) is 5. The zero-order chi connectivity index (χ0) is 16.6. The van der Waals surface area contributed by atoms with Crippen molar-refractivity contribution in [3.05, 3.63) is 23.7 Å². The number of likely N-dealkylation sites (tertiary alicyclic amines) is 1. The minimum atomic E-state index is -0.0699. The molecule has 3 aliphatic heterocycles. The van der Waals surface area contributed by atoms with Gasteiger partial charge in [0.2, 0.25) is 5.91 Å². The quantitative estimate of drug-likeness (QED) is 0.843. The standard InChI is InChI=1S/C18H26N2O4/c1-14-4-5-16(24-14)10-19-9-15-11-22-13-18(15,12-19)8-17(21)20-6-2-3-7-23-20/h4-5,15H,2-3,6-13H2,1H3/t15-,18+/m1/s1. The fourth-order valence-corrected chi connectivity index (χ4v) is 4.29. The Morgan fingerprint density at radius 2 is 2.29 bits per heavy atom. The van der Waals surface area contributed by atoms with E-state index in [0.29, 0.717) is 25.6 Å². The van der Waals surface area contributed by atoms with Crippen LogP contribution >= 0.6 is 0 Å². The lowest BCUT2D eigenvalue weighted by atomic mass is 9.78. The molecule has 24 heavy (non-hydrogen) atoms. The molecular formula is C18H26N2O4. The van der Waals surface area contributed by atoms with Crippen molar-refractivity contribution in [3.8, 4) is 0 Å². The summed E-state index contributed by atoms with van der Waals surface area (Å²) in [6, 6.07) is 4.04. The molecule has 4 heterocycles. The minimum Gasteiger partial charge on any atom is -0.465 e. The highest BCUT2D eigenvalue weighted by molar-refractivity contribution is 5.76. The number of hydrogen-bond donors (Lipinski definition) is 0. The van der Waals surface area contributed by atoms with Crippen LogP contribution in [-0.2, 0) is 20.9 Å². The van der Waals surface area contributed by atoms with Crippen molar-refractivity contribution in [2.24, 2.45) is 11.3 Å². The number of rotatable bonds is 4. The molecular weight excluding hydrogens is 308 g/mol. The third kappa shape index (κ3) is 3.10. The van der Waals surface area contributed by atoms with Crippen LogP contribution in [-0.4, -0.2) is 55.3 Å². The molecule has 0 aliphatic carbocycles. The topological polar surface area (TPSA) is 55.2 Å². The van der Waals surface area contributed by atoms with Gasteiger partial charge in [-0.2, -0.15) is 0 Å². The van der Waals surface area contributed by atoms with Gasteiger partial charge in [-0.05, 0) is 31.9 Å². The van der Waals surface area contributed by atoms with Gasteiger partial charge in [-0.3, -0.25) is 14.5 Å². The Morgan fingerprint density at radius 3 is 3.04 bits per heavy atom. The second-order valence-electron chi connectivity index (χ2n) is 7.47. The van der Waals surface area contributed by atoms with Crippen molar-refractivity contribution in [3.63, 3.8) is 0 Å². The molecule has 1 amide bonds. The Bertz CT molecular complexity index is 596. The maximum absolute atomic E-state index is 12.7. The average molecular weight is 334 g/mol. The van der Waals surface area contributed by atoms with Gasteiger partial charge in [-0.1, -0.05) is 0 Å². The second kappa shape index (κ2) is 6.50. The summed E-state index contributed by atoms with van der Waals surface area (Å²) < 4.78 is 11.5. The third-order valence-corrected chi connectivity index (χ3v) is 5.55. The molecule has 132 valence electrons. The van der Waals surface area contributed by atoms with E-state index in [4.69, 9.17) is 14.0 Å². The summed E-state index contributed by atoms with van der Waals surface area (Å²) in [5.74, 6) is 2.47. The first-order valence-corrected chi connectivity index (χ1v) is 8.93. The van der Waals surface area contributed by atoms with Crippen molar-refractivity contribution in [2.45, 2.75) is 32.7 Å². The van der Waals surface area contributed by atoms with Crippen LogP contribution in [0.4, 0.5) is 0 Å². The summed E-state index contributed by atoms with van der Waals surface area (Å²) in [6.07, 6.45) is 2.59. The van der Waals surface area contributed by atoms with Crippen LogP contribution in [0.5, 0.6) is 0 Å². The van der Waals surface area contributed by atoms with Crippen molar-refractivity contribution < 1.29 is 18.8 Å². The molecule has 0 aromatic carbocycles. The first-order chi connectivity index (χ1) is 11.6. The molecule has 0 unspecified atom stereocenters. The van der Waals surface area contributed by atoms with E-state index in [1.807, 2.05) is 19.1 Å². The molecule has 1 aromatic heterocycles. The number of ether oxygens (including phenoxy) is 1. The van der Waals surface area contributed by atoms with Gasteiger partial charge in [0.15, 0.2) is 0 Å². The smallest absolute Gasteiger partial charge is 0.246 e. The Morgan fingerprint density at radius 1 is 1.38 bits per heavy atom. The van der Waals surface area contributed by atoms with Crippen LogP contribution in [0.3, 0.4) is 0 Å². The van der Waals surface area contributed by atoms with E-state index >= 15 is 0 Å². The third-order valence-electron chi connectivity index (χ3n) is 5.55.